The molecule has 0 radical (unpaired) electrons. The maximum Gasteiger partial charge on any atom is 0.410 e. The molecule has 0 unspecified atom stereocenters. The topological polar surface area (TPSA) is 71.5 Å². The van der Waals surface area contributed by atoms with Crippen LogP contribution in [0.1, 0.15) is 22.3 Å². The SMILES string of the molecule is C=C(CN[C@@H]1CCN(C(=O)OCc2ccccc2)C1)C(=O)c1cccnc1Cl. The minimum atomic E-state index is -0.329. The highest BCUT2D eigenvalue weighted by molar-refractivity contribution is 6.33. The molecule has 1 aromatic carbocycles. The summed E-state index contributed by atoms with van der Waals surface area (Å²) < 4.78 is 5.36. The Morgan fingerprint density at radius 3 is 2.79 bits per heavy atom. The first-order valence-corrected chi connectivity index (χ1v) is 9.44. The van der Waals surface area contributed by atoms with Gasteiger partial charge in [-0.1, -0.05) is 48.5 Å². The number of carbonyl (C=O) groups excluding carboxylic acids is 2. The zero-order valence-corrected chi connectivity index (χ0v) is 16.2. The number of hydrogen-bond donors (Lipinski definition) is 1. The van der Waals surface area contributed by atoms with Crippen LogP contribution in [-0.2, 0) is 11.3 Å². The Labute approximate surface area is 169 Å². The lowest BCUT2D eigenvalue weighted by Crippen LogP contribution is -2.36. The summed E-state index contributed by atoms with van der Waals surface area (Å²) in [6, 6.07) is 12.9. The molecule has 2 heterocycles. The van der Waals surface area contributed by atoms with Crippen LogP contribution in [0.3, 0.4) is 0 Å². The molecule has 2 aromatic rings. The fraction of sp³-hybridized carbons (Fsp3) is 0.286. The van der Waals surface area contributed by atoms with Crippen LogP contribution in [-0.4, -0.2) is 47.4 Å². The molecular weight excluding hydrogens is 378 g/mol. The first kappa shape index (κ1) is 20.0. The van der Waals surface area contributed by atoms with E-state index in [4.69, 9.17) is 16.3 Å². The Bertz CT molecular complexity index is 857. The van der Waals surface area contributed by atoms with Crippen molar-refractivity contribution >= 4 is 23.5 Å². The van der Waals surface area contributed by atoms with E-state index in [2.05, 4.69) is 16.9 Å². The molecule has 6 nitrogen and oxygen atoms in total. The van der Waals surface area contributed by atoms with Crippen molar-refractivity contribution in [2.45, 2.75) is 19.1 Å². The van der Waals surface area contributed by atoms with E-state index in [0.717, 1.165) is 12.0 Å². The number of hydrogen-bond acceptors (Lipinski definition) is 5. The van der Waals surface area contributed by atoms with Crippen LogP contribution in [0, 0.1) is 0 Å². The van der Waals surface area contributed by atoms with E-state index in [-0.39, 0.29) is 29.7 Å². The highest BCUT2D eigenvalue weighted by Gasteiger charge is 2.27. The summed E-state index contributed by atoms with van der Waals surface area (Å²) in [6.07, 6.45) is 1.99. The standard InChI is InChI=1S/C21H22ClN3O3/c1-15(19(26)18-8-5-10-23-20(18)22)12-24-17-9-11-25(13-17)21(27)28-14-16-6-3-2-4-7-16/h2-8,10,17,24H,1,9,11-14H2/t17-/m1/s1. The molecule has 0 aliphatic carbocycles. The van der Waals surface area contributed by atoms with E-state index >= 15 is 0 Å². The predicted molar refractivity (Wildman–Crippen MR) is 107 cm³/mol. The molecule has 0 spiro atoms. The summed E-state index contributed by atoms with van der Waals surface area (Å²) in [5.41, 5.74) is 1.70. The van der Waals surface area contributed by atoms with E-state index < -0.39 is 0 Å². The second kappa shape index (κ2) is 9.48. The third-order valence-corrected chi connectivity index (χ3v) is 4.88. The molecule has 3 rings (SSSR count). The number of ether oxygens (including phenoxy) is 1. The summed E-state index contributed by atoms with van der Waals surface area (Å²) in [6.45, 7) is 5.56. The minimum Gasteiger partial charge on any atom is -0.445 e. The molecule has 0 bridgehead atoms. The molecular formula is C21H22ClN3O3. The van der Waals surface area contributed by atoms with Crippen molar-refractivity contribution in [3.8, 4) is 0 Å². The van der Waals surface area contributed by atoms with Gasteiger partial charge in [0.25, 0.3) is 0 Å². The van der Waals surface area contributed by atoms with Crippen molar-refractivity contribution in [1.29, 1.82) is 0 Å². The number of ketones is 1. The van der Waals surface area contributed by atoms with Gasteiger partial charge in [-0.25, -0.2) is 9.78 Å². The van der Waals surface area contributed by atoms with Gasteiger partial charge in [-0.2, -0.15) is 0 Å². The largest absolute Gasteiger partial charge is 0.445 e. The van der Waals surface area contributed by atoms with Gasteiger partial charge >= 0.3 is 6.09 Å². The van der Waals surface area contributed by atoms with Gasteiger partial charge in [-0.3, -0.25) is 4.79 Å². The average Bonchev–Trinajstić information content (AvgIpc) is 3.20. The van der Waals surface area contributed by atoms with E-state index in [1.165, 1.54) is 6.20 Å². The van der Waals surface area contributed by atoms with Crippen molar-refractivity contribution in [1.82, 2.24) is 15.2 Å². The molecule has 1 saturated heterocycles. The van der Waals surface area contributed by atoms with Gasteiger partial charge in [0.15, 0.2) is 5.78 Å². The van der Waals surface area contributed by atoms with Crippen LogP contribution in [0.4, 0.5) is 4.79 Å². The second-order valence-electron chi connectivity index (χ2n) is 6.63. The first-order valence-electron chi connectivity index (χ1n) is 9.06. The van der Waals surface area contributed by atoms with Gasteiger partial charge < -0.3 is 15.0 Å². The third kappa shape index (κ3) is 5.18. The molecule has 7 heteroatoms. The fourth-order valence-corrected chi connectivity index (χ4v) is 3.20. The average molecular weight is 400 g/mol. The number of carbonyl (C=O) groups is 2. The Hall–Kier alpha value is -2.70. The van der Waals surface area contributed by atoms with Crippen molar-refractivity contribution in [2.75, 3.05) is 19.6 Å². The molecule has 1 aromatic heterocycles. The number of rotatable bonds is 7. The van der Waals surface area contributed by atoms with Gasteiger partial charge in [-0.05, 0) is 24.1 Å². The summed E-state index contributed by atoms with van der Waals surface area (Å²) >= 11 is 5.97. The number of amides is 1. The first-order chi connectivity index (χ1) is 13.5. The third-order valence-electron chi connectivity index (χ3n) is 4.58. The smallest absolute Gasteiger partial charge is 0.410 e. The van der Waals surface area contributed by atoms with Crippen molar-refractivity contribution in [3.05, 3.63) is 77.1 Å². The molecule has 1 atom stereocenters. The van der Waals surface area contributed by atoms with Crippen LogP contribution in [0.5, 0.6) is 0 Å². The fourth-order valence-electron chi connectivity index (χ4n) is 3.00. The number of aromatic nitrogens is 1. The molecule has 28 heavy (non-hydrogen) atoms. The van der Waals surface area contributed by atoms with Gasteiger partial charge in [0.1, 0.15) is 11.8 Å². The second-order valence-corrected chi connectivity index (χ2v) is 6.99. The maximum atomic E-state index is 12.4. The lowest BCUT2D eigenvalue weighted by molar-refractivity contribution is 0.102. The molecule has 1 aliphatic heterocycles. The van der Waals surface area contributed by atoms with E-state index in [9.17, 15) is 9.59 Å². The predicted octanol–water partition coefficient (Wildman–Crippen LogP) is 3.47. The molecule has 1 fully saturated rings. The van der Waals surface area contributed by atoms with Crippen LogP contribution in [0.25, 0.3) is 0 Å². The molecule has 0 saturated carbocycles. The van der Waals surface area contributed by atoms with Crippen LogP contribution < -0.4 is 5.32 Å². The number of likely N-dealkylation sites (tertiary alicyclic amines) is 1. The highest BCUT2D eigenvalue weighted by Crippen LogP contribution is 2.16. The zero-order valence-electron chi connectivity index (χ0n) is 15.4. The highest BCUT2D eigenvalue weighted by atomic mass is 35.5. The Morgan fingerprint density at radius 1 is 1.25 bits per heavy atom. The molecule has 1 aliphatic rings. The normalized spacial score (nSPS) is 16.0. The monoisotopic (exact) mass is 399 g/mol. The quantitative estimate of drug-likeness (QED) is 0.438. The number of Topliss-reactive ketones (excluding diaryl/α,β-unsaturated/α-hetero) is 1. The van der Waals surface area contributed by atoms with Crippen LogP contribution in [0.2, 0.25) is 5.15 Å². The van der Waals surface area contributed by atoms with E-state index in [0.29, 0.717) is 30.8 Å². The Morgan fingerprint density at radius 2 is 2.04 bits per heavy atom. The van der Waals surface area contributed by atoms with E-state index in [1.54, 1.807) is 17.0 Å². The minimum absolute atomic E-state index is 0.0817. The summed E-state index contributed by atoms with van der Waals surface area (Å²) in [4.78, 5) is 30.2. The van der Waals surface area contributed by atoms with Crippen molar-refractivity contribution in [2.24, 2.45) is 0 Å². The van der Waals surface area contributed by atoms with Gasteiger partial charge in [0.2, 0.25) is 0 Å². The lowest BCUT2D eigenvalue weighted by Gasteiger charge is -2.17. The van der Waals surface area contributed by atoms with Gasteiger partial charge in [-0.15, -0.1) is 0 Å². The van der Waals surface area contributed by atoms with Crippen molar-refractivity contribution < 1.29 is 14.3 Å². The zero-order chi connectivity index (χ0) is 19.9. The van der Waals surface area contributed by atoms with E-state index in [1.807, 2.05) is 30.3 Å². The number of benzene rings is 1. The molecule has 1 N–H and O–H groups in total. The maximum absolute atomic E-state index is 12.4. The Kier molecular flexibility index (Phi) is 6.79. The molecule has 146 valence electrons. The number of nitrogens with one attached hydrogen (secondary N) is 1. The van der Waals surface area contributed by atoms with Crippen molar-refractivity contribution in [3.63, 3.8) is 0 Å². The summed E-state index contributed by atoms with van der Waals surface area (Å²) in [5.74, 6) is -0.234. The number of pyridine rings is 1. The lowest BCUT2D eigenvalue weighted by atomic mass is 10.1. The van der Waals surface area contributed by atoms with Crippen LogP contribution >= 0.6 is 11.6 Å². The Balaban J connectivity index is 1.43. The van der Waals surface area contributed by atoms with Gasteiger partial charge in [0, 0.05) is 37.4 Å². The van der Waals surface area contributed by atoms with Crippen LogP contribution in [0.15, 0.2) is 60.8 Å². The summed E-state index contributed by atoms with van der Waals surface area (Å²) in [5, 5.41) is 3.45. The molecule has 1 amide bonds. The number of nitrogens with zero attached hydrogens (tertiary/aromatic N) is 2. The summed E-state index contributed by atoms with van der Waals surface area (Å²) in [7, 11) is 0. The number of halogens is 1. The van der Waals surface area contributed by atoms with Gasteiger partial charge in [0.05, 0.1) is 5.56 Å².